The predicted molar refractivity (Wildman–Crippen MR) is 98.0 cm³/mol. The van der Waals surface area contributed by atoms with E-state index in [2.05, 4.69) is 15.1 Å². The number of aryl methyl sites for hydroxylation is 2. The van der Waals surface area contributed by atoms with Crippen molar-refractivity contribution < 1.29 is 22.4 Å². The lowest BCUT2D eigenvalue weighted by molar-refractivity contribution is -0.144. The van der Waals surface area contributed by atoms with Crippen LogP contribution in [0.15, 0.2) is 24.3 Å². The van der Waals surface area contributed by atoms with E-state index in [1.165, 1.54) is 29.2 Å². The van der Waals surface area contributed by atoms with Crippen LogP contribution in [0.5, 0.6) is 0 Å². The van der Waals surface area contributed by atoms with Gasteiger partial charge in [0, 0.05) is 30.0 Å². The molecule has 0 spiro atoms. The summed E-state index contributed by atoms with van der Waals surface area (Å²) in [5.41, 5.74) is 2.16. The van der Waals surface area contributed by atoms with E-state index in [1.807, 2.05) is 0 Å². The molecule has 154 valence electrons. The number of carbonyl (C=O) groups excluding carboxylic acids is 1. The smallest absolute Gasteiger partial charge is 0.313 e. The second-order valence-corrected chi connectivity index (χ2v) is 6.52. The van der Waals surface area contributed by atoms with Crippen LogP contribution in [0.4, 0.5) is 23.2 Å². The van der Waals surface area contributed by atoms with Gasteiger partial charge in [-0.3, -0.25) is 4.79 Å². The van der Waals surface area contributed by atoms with E-state index in [-0.39, 0.29) is 24.5 Å². The van der Waals surface area contributed by atoms with Crippen molar-refractivity contribution in [3.8, 4) is 0 Å². The quantitative estimate of drug-likeness (QED) is 0.600. The summed E-state index contributed by atoms with van der Waals surface area (Å²) in [6.07, 6.45) is -4.28. The molecule has 3 aromatic rings. The van der Waals surface area contributed by atoms with Gasteiger partial charge < -0.3 is 4.90 Å². The van der Waals surface area contributed by atoms with Gasteiger partial charge in [-0.1, -0.05) is 0 Å². The number of nitrogens with zero attached hydrogens (tertiary/aromatic N) is 5. The number of carbonyl (C=O) groups is 1. The lowest BCUT2D eigenvalue weighted by Gasteiger charge is -2.21. The third kappa shape index (κ3) is 4.20. The monoisotopic (exact) mass is 409 g/mol. The molecule has 0 saturated carbocycles. The SMILES string of the molecule is CCN(C(=O)CCc1c(C)nc2nc(C(F)(F)F)nn2c1C)c1ccc(F)cc1. The number of halogens is 4. The van der Waals surface area contributed by atoms with Crippen molar-refractivity contribution in [2.24, 2.45) is 0 Å². The highest BCUT2D eigenvalue weighted by Crippen LogP contribution is 2.27. The molecular weight excluding hydrogens is 390 g/mol. The van der Waals surface area contributed by atoms with Crippen molar-refractivity contribution in [2.45, 2.75) is 39.8 Å². The highest BCUT2D eigenvalue weighted by molar-refractivity contribution is 5.93. The Hall–Kier alpha value is -3.04. The fraction of sp³-hybridized carbons (Fsp3) is 0.368. The molecule has 0 saturated heterocycles. The van der Waals surface area contributed by atoms with Crippen LogP contribution in [-0.2, 0) is 17.4 Å². The molecular formula is C19H19F4N5O. The van der Waals surface area contributed by atoms with Crippen molar-refractivity contribution in [1.82, 2.24) is 19.6 Å². The van der Waals surface area contributed by atoms with E-state index in [1.54, 1.807) is 20.8 Å². The summed E-state index contributed by atoms with van der Waals surface area (Å²) in [6, 6.07) is 5.60. The molecule has 0 bridgehead atoms. The first-order valence-electron chi connectivity index (χ1n) is 8.97. The lowest BCUT2D eigenvalue weighted by Crippen LogP contribution is -2.31. The van der Waals surface area contributed by atoms with E-state index in [4.69, 9.17) is 0 Å². The molecule has 29 heavy (non-hydrogen) atoms. The van der Waals surface area contributed by atoms with Gasteiger partial charge in [-0.15, -0.1) is 5.10 Å². The van der Waals surface area contributed by atoms with Gasteiger partial charge in [0.05, 0.1) is 0 Å². The number of amides is 1. The minimum absolute atomic E-state index is 0.112. The average molecular weight is 409 g/mol. The number of hydrogen-bond donors (Lipinski definition) is 0. The van der Waals surface area contributed by atoms with Crippen molar-refractivity contribution in [3.63, 3.8) is 0 Å². The van der Waals surface area contributed by atoms with Gasteiger partial charge in [-0.2, -0.15) is 18.2 Å². The van der Waals surface area contributed by atoms with E-state index in [0.717, 1.165) is 4.52 Å². The first-order chi connectivity index (χ1) is 13.6. The predicted octanol–water partition coefficient (Wildman–Crippen LogP) is 3.88. The molecule has 6 nitrogen and oxygen atoms in total. The number of benzene rings is 1. The van der Waals surface area contributed by atoms with E-state index >= 15 is 0 Å². The molecule has 0 atom stereocenters. The minimum Gasteiger partial charge on any atom is -0.313 e. The molecule has 1 aromatic carbocycles. The molecule has 0 radical (unpaired) electrons. The number of rotatable bonds is 5. The fourth-order valence-electron chi connectivity index (χ4n) is 3.18. The Morgan fingerprint density at radius 3 is 2.38 bits per heavy atom. The Labute approximate surface area is 164 Å². The maximum Gasteiger partial charge on any atom is 0.453 e. The van der Waals surface area contributed by atoms with Crippen molar-refractivity contribution in [1.29, 1.82) is 0 Å². The topological polar surface area (TPSA) is 63.4 Å². The van der Waals surface area contributed by atoms with Crippen LogP contribution in [-0.4, -0.2) is 32.0 Å². The van der Waals surface area contributed by atoms with Gasteiger partial charge >= 0.3 is 6.18 Å². The molecule has 1 amide bonds. The molecule has 2 aromatic heterocycles. The zero-order valence-electron chi connectivity index (χ0n) is 16.1. The van der Waals surface area contributed by atoms with Crippen LogP contribution >= 0.6 is 0 Å². The Balaban J connectivity index is 1.84. The normalized spacial score (nSPS) is 11.8. The number of hydrogen-bond acceptors (Lipinski definition) is 4. The van der Waals surface area contributed by atoms with Crippen molar-refractivity contribution >= 4 is 17.4 Å². The maximum absolute atomic E-state index is 13.1. The molecule has 0 aliphatic carbocycles. The maximum atomic E-state index is 13.1. The highest BCUT2D eigenvalue weighted by Gasteiger charge is 2.37. The van der Waals surface area contributed by atoms with Gasteiger partial charge in [0.25, 0.3) is 11.6 Å². The molecule has 0 unspecified atom stereocenters. The molecule has 10 heteroatoms. The van der Waals surface area contributed by atoms with E-state index < -0.39 is 17.8 Å². The minimum atomic E-state index is -4.67. The largest absolute Gasteiger partial charge is 0.453 e. The number of fused-ring (bicyclic) bond motifs is 1. The highest BCUT2D eigenvalue weighted by atomic mass is 19.4. The Morgan fingerprint density at radius 1 is 1.14 bits per heavy atom. The van der Waals surface area contributed by atoms with Crippen LogP contribution in [0.1, 0.15) is 36.1 Å². The van der Waals surface area contributed by atoms with Gasteiger partial charge in [-0.25, -0.2) is 13.9 Å². The molecule has 0 aliphatic heterocycles. The first-order valence-corrected chi connectivity index (χ1v) is 8.97. The average Bonchev–Trinajstić information content (AvgIpc) is 3.08. The summed E-state index contributed by atoms with van der Waals surface area (Å²) >= 11 is 0. The van der Waals surface area contributed by atoms with E-state index in [0.29, 0.717) is 29.2 Å². The van der Waals surface area contributed by atoms with Gasteiger partial charge in [0.1, 0.15) is 5.82 Å². The standard InChI is InChI=1S/C19H19F4N5O/c1-4-27(14-7-5-13(20)6-8-14)16(29)10-9-15-11(2)24-18-25-17(19(21,22)23)26-28(18)12(15)3/h5-8H,4,9-10H2,1-3H3. The second kappa shape index (κ2) is 7.76. The third-order valence-corrected chi connectivity index (χ3v) is 4.65. The van der Waals surface area contributed by atoms with Crippen molar-refractivity contribution in [3.05, 3.63) is 52.9 Å². The molecule has 3 rings (SSSR count). The number of aromatic nitrogens is 4. The lowest BCUT2D eigenvalue weighted by atomic mass is 10.1. The summed E-state index contributed by atoms with van der Waals surface area (Å²) in [6.45, 7) is 5.48. The first kappa shape index (κ1) is 20.7. The summed E-state index contributed by atoms with van der Waals surface area (Å²) in [5.74, 6) is -1.97. The van der Waals surface area contributed by atoms with Gasteiger partial charge in [0.2, 0.25) is 5.91 Å². The van der Waals surface area contributed by atoms with Gasteiger partial charge in [-0.05, 0) is 57.0 Å². The van der Waals surface area contributed by atoms with Crippen molar-refractivity contribution in [2.75, 3.05) is 11.4 Å². The number of alkyl halides is 3. The Kier molecular flexibility index (Phi) is 5.54. The Morgan fingerprint density at radius 2 is 1.79 bits per heavy atom. The Bertz CT molecular complexity index is 1040. The third-order valence-electron chi connectivity index (χ3n) is 4.65. The van der Waals surface area contributed by atoms with Crippen LogP contribution in [0.3, 0.4) is 0 Å². The van der Waals surface area contributed by atoms with E-state index in [9.17, 15) is 22.4 Å². The van der Waals surface area contributed by atoms with Crippen LogP contribution in [0.2, 0.25) is 0 Å². The summed E-state index contributed by atoms with van der Waals surface area (Å²) in [7, 11) is 0. The number of anilines is 1. The summed E-state index contributed by atoms with van der Waals surface area (Å²) in [5, 5.41) is 3.51. The summed E-state index contributed by atoms with van der Waals surface area (Å²) in [4.78, 5) is 21.7. The molecule has 0 N–H and O–H groups in total. The fourth-order valence-corrected chi connectivity index (χ4v) is 3.18. The zero-order valence-corrected chi connectivity index (χ0v) is 16.1. The van der Waals surface area contributed by atoms with Crippen LogP contribution < -0.4 is 4.90 Å². The molecule has 0 fully saturated rings. The zero-order chi connectivity index (χ0) is 21.3. The molecule has 2 heterocycles. The molecule has 0 aliphatic rings. The second-order valence-electron chi connectivity index (χ2n) is 6.52. The van der Waals surface area contributed by atoms with Crippen LogP contribution in [0, 0.1) is 19.7 Å². The van der Waals surface area contributed by atoms with Crippen LogP contribution in [0.25, 0.3) is 5.78 Å². The summed E-state index contributed by atoms with van der Waals surface area (Å²) < 4.78 is 52.8. The van der Waals surface area contributed by atoms with Gasteiger partial charge in [0.15, 0.2) is 0 Å².